The zero-order valence-electron chi connectivity index (χ0n) is 16.5. The van der Waals surface area contributed by atoms with Gasteiger partial charge in [-0.05, 0) is 53.1 Å². The minimum atomic E-state index is -0.998. The van der Waals surface area contributed by atoms with Crippen LogP contribution in [0.15, 0.2) is 77.6 Å². The third-order valence-corrected chi connectivity index (χ3v) is 5.15. The highest BCUT2D eigenvalue weighted by molar-refractivity contribution is 6.33. The molecule has 6 nitrogen and oxygen atoms in total. The van der Waals surface area contributed by atoms with E-state index in [1.807, 2.05) is 0 Å². The molecular formula is C24H16ClFN2O4. The number of carboxylic acid groups (broad SMARTS) is 1. The number of aromatic nitrogens is 1. The highest BCUT2D eigenvalue weighted by Gasteiger charge is 2.22. The first kappa shape index (κ1) is 21.3. The molecule has 160 valence electrons. The molecule has 8 heteroatoms. The molecular weight excluding hydrogens is 435 g/mol. The number of nitrogens with one attached hydrogen (secondary N) is 1. The summed E-state index contributed by atoms with van der Waals surface area (Å²) in [7, 11) is 0. The number of rotatable bonds is 6. The molecule has 0 bridgehead atoms. The number of aliphatic carboxylic acids is 1. The molecule has 1 atom stereocenters. The van der Waals surface area contributed by atoms with Crippen molar-refractivity contribution in [3.8, 4) is 0 Å². The second-order valence-corrected chi connectivity index (χ2v) is 7.37. The fraction of sp³-hybridized carbons (Fsp3) is 0.0417. The van der Waals surface area contributed by atoms with E-state index >= 15 is 0 Å². The number of anilines is 1. The van der Waals surface area contributed by atoms with Gasteiger partial charge in [0, 0.05) is 6.08 Å². The lowest BCUT2D eigenvalue weighted by Gasteiger charge is -2.13. The summed E-state index contributed by atoms with van der Waals surface area (Å²) in [5, 5.41) is 12.5. The number of nitrogens with zero attached hydrogens (tertiary/aromatic N) is 1. The molecule has 0 saturated heterocycles. The first-order chi connectivity index (χ1) is 15.4. The maximum Gasteiger partial charge on any atom is 0.315 e. The molecule has 0 aliphatic heterocycles. The molecule has 3 aromatic carbocycles. The number of hydrogen-bond donors (Lipinski definition) is 2. The molecule has 1 aromatic heterocycles. The Balaban J connectivity index is 1.50. The number of oxazole rings is 1. The Bertz CT molecular complexity index is 1330. The molecule has 0 spiro atoms. The van der Waals surface area contributed by atoms with E-state index in [-0.39, 0.29) is 10.7 Å². The van der Waals surface area contributed by atoms with Crippen LogP contribution in [0.3, 0.4) is 0 Å². The molecule has 2 N–H and O–H groups in total. The van der Waals surface area contributed by atoms with Gasteiger partial charge in [-0.2, -0.15) is 0 Å². The van der Waals surface area contributed by atoms with Crippen LogP contribution in [0, 0.1) is 5.82 Å². The van der Waals surface area contributed by atoms with Crippen molar-refractivity contribution in [1.82, 2.24) is 4.98 Å². The van der Waals surface area contributed by atoms with Crippen LogP contribution in [0.4, 0.5) is 10.1 Å². The van der Waals surface area contributed by atoms with Gasteiger partial charge in [-0.1, -0.05) is 41.9 Å². The summed E-state index contributed by atoms with van der Waals surface area (Å²) in [4.78, 5) is 28.1. The van der Waals surface area contributed by atoms with Crippen molar-refractivity contribution < 1.29 is 23.5 Å². The Labute approximate surface area is 187 Å². The molecule has 1 amide bonds. The van der Waals surface area contributed by atoms with Crippen LogP contribution in [0.25, 0.3) is 17.2 Å². The van der Waals surface area contributed by atoms with Crippen molar-refractivity contribution in [3.63, 3.8) is 0 Å². The Morgan fingerprint density at radius 2 is 1.81 bits per heavy atom. The molecule has 0 aliphatic rings. The van der Waals surface area contributed by atoms with E-state index in [4.69, 9.17) is 16.0 Å². The second-order valence-electron chi connectivity index (χ2n) is 6.96. The van der Waals surface area contributed by atoms with Gasteiger partial charge in [0.1, 0.15) is 17.3 Å². The zero-order chi connectivity index (χ0) is 22.7. The SMILES string of the molecule is O=C(C=Cc1ccc(C(C(=O)O)c2ccc3ocnc3c2)cc1)Nc1cc(F)ccc1Cl. The fourth-order valence-corrected chi connectivity index (χ4v) is 3.44. The summed E-state index contributed by atoms with van der Waals surface area (Å²) in [6, 6.07) is 15.5. The number of hydrogen-bond acceptors (Lipinski definition) is 4. The van der Waals surface area contributed by atoms with Crippen molar-refractivity contribution in [2.24, 2.45) is 0 Å². The van der Waals surface area contributed by atoms with Crippen molar-refractivity contribution in [3.05, 3.63) is 101 Å². The van der Waals surface area contributed by atoms with Crippen LogP contribution < -0.4 is 5.32 Å². The van der Waals surface area contributed by atoms with E-state index in [2.05, 4.69) is 10.3 Å². The van der Waals surface area contributed by atoms with Crippen LogP contribution >= 0.6 is 11.6 Å². The Kier molecular flexibility index (Phi) is 6.00. The van der Waals surface area contributed by atoms with Crippen molar-refractivity contribution in [2.75, 3.05) is 5.32 Å². The zero-order valence-corrected chi connectivity index (χ0v) is 17.2. The van der Waals surface area contributed by atoms with Gasteiger partial charge in [-0.25, -0.2) is 9.37 Å². The van der Waals surface area contributed by atoms with Crippen LogP contribution in [0.2, 0.25) is 5.02 Å². The van der Waals surface area contributed by atoms with Crippen molar-refractivity contribution in [1.29, 1.82) is 0 Å². The normalized spacial score (nSPS) is 12.2. The maximum absolute atomic E-state index is 13.3. The Morgan fingerprint density at radius 1 is 1.06 bits per heavy atom. The quantitative estimate of drug-likeness (QED) is 0.379. The van der Waals surface area contributed by atoms with Gasteiger partial charge in [0.05, 0.1) is 10.7 Å². The molecule has 1 heterocycles. The number of halogens is 2. The second kappa shape index (κ2) is 9.03. The summed E-state index contributed by atoms with van der Waals surface area (Å²) in [5.41, 5.74) is 3.17. The number of fused-ring (bicyclic) bond motifs is 1. The molecule has 1 unspecified atom stereocenters. The molecule has 32 heavy (non-hydrogen) atoms. The van der Waals surface area contributed by atoms with Gasteiger partial charge in [0.25, 0.3) is 0 Å². The molecule has 0 aliphatic carbocycles. The van der Waals surface area contributed by atoms with E-state index in [9.17, 15) is 19.1 Å². The average molecular weight is 451 g/mol. The Hall–Kier alpha value is -3.97. The number of carbonyl (C=O) groups is 2. The number of carboxylic acids is 1. The first-order valence-corrected chi connectivity index (χ1v) is 9.88. The molecule has 4 aromatic rings. The maximum atomic E-state index is 13.3. The molecule has 0 radical (unpaired) electrons. The van der Waals surface area contributed by atoms with Gasteiger partial charge in [-0.3, -0.25) is 9.59 Å². The van der Waals surface area contributed by atoms with E-state index in [0.29, 0.717) is 27.8 Å². The summed E-state index contributed by atoms with van der Waals surface area (Å²) >= 11 is 5.94. The summed E-state index contributed by atoms with van der Waals surface area (Å²) in [6.07, 6.45) is 4.15. The minimum Gasteiger partial charge on any atom is -0.481 e. The lowest BCUT2D eigenvalue weighted by atomic mass is 9.90. The van der Waals surface area contributed by atoms with Crippen LogP contribution in [-0.4, -0.2) is 22.0 Å². The third kappa shape index (κ3) is 4.68. The standard InChI is InChI=1S/C24H16ClFN2O4/c25-18-8-7-17(26)12-19(18)28-22(29)10-3-14-1-4-15(5-2-14)23(24(30)31)16-6-9-21-20(11-16)27-13-32-21/h1-13,23H,(H,28,29)(H,30,31). The largest absolute Gasteiger partial charge is 0.481 e. The van der Waals surface area contributed by atoms with Gasteiger partial charge >= 0.3 is 5.97 Å². The molecule has 4 rings (SSSR count). The van der Waals surface area contributed by atoms with Gasteiger partial charge in [-0.15, -0.1) is 0 Å². The molecule has 0 saturated carbocycles. The average Bonchev–Trinajstić information content (AvgIpc) is 3.24. The van der Waals surface area contributed by atoms with E-state index in [1.54, 1.807) is 48.5 Å². The van der Waals surface area contributed by atoms with Crippen LogP contribution in [0.5, 0.6) is 0 Å². The van der Waals surface area contributed by atoms with Gasteiger partial charge in [0.2, 0.25) is 5.91 Å². The number of amides is 1. The predicted octanol–water partition coefficient (Wildman–Crippen LogP) is 5.49. The van der Waals surface area contributed by atoms with Crippen molar-refractivity contribution >= 4 is 46.3 Å². The van der Waals surface area contributed by atoms with Crippen molar-refractivity contribution in [2.45, 2.75) is 5.92 Å². The van der Waals surface area contributed by atoms with E-state index in [0.717, 1.165) is 6.07 Å². The van der Waals surface area contributed by atoms with E-state index < -0.39 is 23.6 Å². The predicted molar refractivity (Wildman–Crippen MR) is 119 cm³/mol. The highest BCUT2D eigenvalue weighted by Crippen LogP contribution is 2.28. The number of carbonyl (C=O) groups excluding carboxylic acids is 1. The Morgan fingerprint density at radius 3 is 2.56 bits per heavy atom. The first-order valence-electron chi connectivity index (χ1n) is 9.51. The smallest absolute Gasteiger partial charge is 0.315 e. The third-order valence-electron chi connectivity index (χ3n) is 4.82. The lowest BCUT2D eigenvalue weighted by molar-refractivity contribution is -0.137. The van der Waals surface area contributed by atoms with E-state index in [1.165, 1.54) is 24.6 Å². The van der Waals surface area contributed by atoms with Crippen LogP contribution in [0.1, 0.15) is 22.6 Å². The molecule has 0 fully saturated rings. The number of benzene rings is 3. The summed E-state index contributed by atoms with van der Waals surface area (Å²) in [6.45, 7) is 0. The minimum absolute atomic E-state index is 0.171. The van der Waals surface area contributed by atoms with Crippen LogP contribution in [-0.2, 0) is 9.59 Å². The summed E-state index contributed by atoms with van der Waals surface area (Å²) in [5.74, 6) is -2.87. The topological polar surface area (TPSA) is 92.4 Å². The fourth-order valence-electron chi connectivity index (χ4n) is 3.27. The van der Waals surface area contributed by atoms with Gasteiger partial charge < -0.3 is 14.8 Å². The highest BCUT2D eigenvalue weighted by atomic mass is 35.5. The van der Waals surface area contributed by atoms with Gasteiger partial charge in [0.15, 0.2) is 12.0 Å². The summed E-state index contributed by atoms with van der Waals surface area (Å²) < 4.78 is 18.5. The lowest BCUT2D eigenvalue weighted by Crippen LogP contribution is -2.13. The monoisotopic (exact) mass is 450 g/mol.